The summed E-state index contributed by atoms with van der Waals surface area (Å²) in [5, 5.41) is 2.39. The van der Waals surface area contributed by atoms with E-state index < -0.39 is 0 Å². The molecule has 4 heteroatoms. The number of hydrogen-bond donors (Lipinski definition) is 0. The Balaban J connectivity index is 1.16. The van der Waals surface area contributed by atoms with Crippen LogP contribution in [0.2, 0.25) is 0 Å². The third kappa shape index (κ3) is 6.19. The molecule has 0 unspecified atom stereocenters. The molecule has 3 heterocycles. The van der Waals surface area contributed by atoms with Crippen LogP contribution in [0.1, 0.15) is 0 Å². The van der Waals surface area contributed by atoms with Gasteiger partial charge in [-0.3, -0.25) is 0 Å². The molecule has 0 radical (unpaired) electrons. The zero-order valence-electron chi connectivity index (χ0n) is 29.8. The zero-order chi connectivity index (χ0) is 36.6. The van der Waals surface area contributed by atoms with Gasteiger partial charge in [0.05, 0.1) is 27.3 Å². The molecule has 55 heavy (non-hydrogen) atoms. The van der Waals surface area contributed by atoms with E-state index in [1.54, 1.807) is 0 Å². The number of pyridine rings is 1. The van der Waals surface area contributed by atoms with E-state index in [4.69, 9.17) is 15.0 Å². The van der Waals surface area contributed by atoms with Crippen LogP contribution in [0.25, 0.3) is 98.8 Å². The van der Waals surface area contributed by atoms with Gasteiger partial charge in [0.2, 0.25) is 0 Å². The molecule has 258 valence electrons. The lowest BCUT2D eigenvalue weighted by molar-refractivity contribution is 1.18. The number of rotatable bonds is 7. The maximum atomic E-state index is 5.39. The molecule has 0 N–H and O–H groups in total. The van der Waals surface area contributed by atoms with Crippen molar-refractivity contribution in [2.24, 2.45) is 0 Å². The van der Waals surface area contributed by atoms with Gasteiger partial charge in [0.25, 0.3) is 0 Å². The van der Waals surface area contributed by atoms with Crippen LogP contribution in [0.4, 0.5) is 0 Å². The predicted molar refractivity (Wildman–Crippen MR) is 231 cm³/mol. The second kappa shape index (κ2) is 14.1. The van der Waals surface area contributed by atoms with Gasteiger partial charge in [-0.15, -0.1) is 11.3 Å². The lowest BCUT2D eigenvalue weighted by Crippen LogP contribution is -1.96. The van der Waals surface area contributed by atoms with Crippen LogP contribution in [0.15, 0.2) is 200 Å². The SMILES string of the molecule is c1ccc(-c2ccc(-c3cc(-c4cccc(-c5nc6ccccc6c6c(-c7ccccc7)c(-c7ccccc7)sc56)c4)nc(-c4ccccc4)n3)cc2)cc1. The Hall–Kier alpha value is -7.01. The van der Waals surface area contributed by atoms with Gasteiger partial charge in [-0.25, -0.2) is 15.0 Å². The first-order chi connectivity index (χ1) is 27.3. The van der Waals surface area contributed by atoms with E-state index in [9.17, 15) is 0 Å². The lowest BCUT2D eigenvalue weighted by Gasteiger charge is -2.12. The Labute approximate surface area is 323 Å². The highest BCUT2D eigenvalue weighted by atomic mass is 32.1. The van der Waals surface area contributed by atoms with Crippen molar-refractivity contribution in [3.63, 3.8) is 0 Å². The van der Waals surface area contributed by atoms with Crippen molar-refractivity contribution in [3.8, 4) is 77.9 Å². The second-order valence-corrected chi connectivity index (χ2v) is 14.6. The first-order valence-corrected chi connectivity index (χ1v) is 19.3. The molecule has 0 saturated heterocycles. The quantitative estimate of drug-likeness (QED) is 0.165. The van der Waals surface area contributed by atoms with E-state index in [1.165, 1.54) is 42.8 Å². The third-order valence-electron chi connectivity index (χ3n) is 10.1. The minimum Gasteiger partial charge on any atom is -0.246 e. The van der Waals surface area contributed by atoms with Crippen LogP contribution in [0.5, 0.6) is 0 Å². The van der Waals surface area contributed by atoms with Crippen molar-refractivity contribution < 1.29 is 0 Å². The summed E-state index contributed by atoms with van der Waals surface area (Å²) in [6, 6.07) is 70.1. The lowest BCUT2D eigenvalue weighted by atomic mass is 9.95. The average Bonchev–Trinajstić information content (AvgIpc) is 3.69. The number of thiophene rings is 1. The largest absolute Gasteiger partial charge is 0.246 e. The van der Waals surface area contributed by atoms with E-state index in [2.05, 4.69) is 176 Å². The monoisotopic (exact) mass is 719 g/mol. The highest BCUT2D eigenvalue weighted by Gasteiger charge is 2.22. The topological polar surface area (TPSA) is 38.7 Å². The molecule has 0 aliphatic carbocycles. The summed E-state index contributed by atoms with van der Waals surface area (Å²) in [4.78, 5) is 16.9. The van der Waals surface area contributed by atoms with Gasteiger partial charge in [0.1, 0.15) is 0 Å². The Morgan fingerprint density at radius 1 is 0.345 bits per heavy atom. The van der Waals surface area contributed by atoms with Crippen LogP contribution >= 0.6 is 11.3 Å². The molecule has 10 rings (SSSR count). The van der Waals surface area contributed by atoms with Crippen LogP contribution in [-0.2, 0) is 0 Å². The van der Waals surface area contributed by atoms with Crippen LogP contribution in [-0.4, -0.2) is 15.0 Å². The van der Waals surface area contributed by atoms with Gasteiger partial charge in [0.15, 0.2) is 5.82 Å². The van der Waals surface area contributed by atoms with Gasteiger partial charge in [-0.05, 0) is 40.5 Å². The number of benzene rings is 7. The van der Waals surface area contributed by atoms with Crippen LogP contribution in [0.3, 0.4) is 0 Å². The molecule has 0 fully saturated rings. The summed E-state index contributed by atoms with van der Waals surface area (Å²) >= 11 is 1.82. The van der Waals surface area contributed by atoms with Crippen molar-refractivity contribution in [1.29, 1.82) is 0 Å². The van der Waals surface area contributed by atoms with E-state index in [1.807, 2.05) is 35.6 Å². The Kier molecular flexibility index (Phi) is 8.36. The number of fused-ring (bicyclic) bond motifs is 3. The van der Waals surface area contributed by atoms with Crippen LogP contribution < -0.4 is 0 Å². The van der Waals surface area contributed by atoms with Gasteiger partial charge >= 0.3 is 0 Å². The number of aromatic nitrogens is 3. The van der Waals surface area contributed by atoms with Gasteiger partial charge in [0, 0.05) is 43.5 Å². The molecular weight excluding hydrogens is 687 g/mol. The van der Waals surface area contributed by atoms with Gasteiger partial charge < -0.3 is 0 Å². The fourth-order valence-corrected chi connectivity index (χ4v) is 8.78. The molecule has 0 aliphatic rings. The minimum absolute atomic E-state index is 0.690. The van der Waals surface area contributed by atoms with Crippen molar-refractivity contribution in [1.82, 2.24) is 15.0 Å². The molecule has 3 aromatic heterocycles. The van der Waals surface area contributed by atoms with E-state index in [0.29, 0.717) is 5.82 Å². The third-order valence-corrected chi connectivity index (χ3v) is 11.4. The highest BCUT2D eigenvalue weighted by molar-refractivity contribution is 7.23. The molecule has 0 saturated carbocycles. The summed E-state index contributed by atoms with van der Waals surface area (Å²) < 4.78 is 1.17. The summed E-state index contributed by atoms with van der Waals surface area (Å²) in [5.41, 5.74) is 13.7. The Morgan fingerprint density at radius 2 is 0.855 bits per heavy atom. The van der Waals surface area contributed by atoms with Crippen molar-refractivity contribution in [3.05, 3.63) is 200 Å². The predicted octanol–water partition coefficient (Wildman–Crippen LogP) is 13.9. The summed E-state index contributed by atoms with van der Waals surface area (Å²) in [7, 11) is 0. The maximum Gasteiger partial charge on any atom is 0.160 e. The zero-order valence-corrected chi connectivity index (χ0v) is 30.6. The summed E-state index contributed by atoms with van der Waals surface area (Å²) in [6.45, 7) is 0. The first kappa shape index (κ1) is 32.6. The number of para-hydroxylation sites is 1. The standard InChI is InChI=1S/C51H33N3S/c1-5-16-34(17-6-1)35-28-30-36(31-29-35)44-33-45(54-51(53-44)39-22-11-4-12-23-39)40-24-15-25-41(32-40)48-50-47(42-26-13-14-27-43(42)52-48)46(37-18-7-2-8-19-37)49(55-50)38-20-9-3-10-21-38/h1-33H. The van der Waals surface area contributed by atoms with Crippen molar-refractivity contribution in [2.75, 3.05) is 0 Å². The van der Waals surface area contributed by atoms with Gasteiger partial charge in [-0.2, -0.15) is 0 Å². The Morgan fingerprint density at radius 3 is 1.55 bits per heavy atom. The van der Waals surface area contributed by atoms with E-state index >= 15 is 0 Å². The fraction of sp³-hybridized carbons (Fsp3) is 0. The first-order valence-electron chi connectivity index (χ1n) is 18.4. The van der Waals surface area contributed by atoms with Crippen LogP contribution in [0, 0.1) is 0 Å². The van der Waals surface area contributed by atoms with Crippen molar-refractivity contribution >= 4 is 32.3 Å². The fourth-order valence-electron chi connectivity index (χ4n) is 7.43. The van der Waals surface area contributed by atoms with E-state index in [0.717, 1.165) is 50.2 Å². The summed E-state index contributed by atoms with van der Waals surface area (Å²) in [6.07, 6.45) is 0. The van der Waals surface area contributed by atoms with Gasteiger partial charge in [-0.1, -0.05) is 182 Å². The summed E-state index contributed by atoms with van der Waals surface area (Å²) in [5.74, 6) is 0.690. The average molecular weight is 720 g/mol. The number of hydrogen-bond acceptors (Lipinski definition) is 4. The molecular formula is C51H33N3S. The molecule has 0 atom stereocenters. The van der Waals surface area contributed by atoms with Crippen molar-refractivity contribution in [2.45, 2.75) is 0 Å². The highest BCUT2D eigenvalue weighted by Crippen LogP contribution is 2.50. The molecule has 0 bridgehead atoms. The molecule has 0 amide bonds. The smallest absolute Gasteiger partial charge is 0.160 e. The van der Waals surface area contributed by atoms with E-state index in [-0.39, 0.29) is 0 Å². The second-order valence-electron chi connectivity index (χ2n) is 13.6. The number of nitrogens with zero attached hydrogens (tertiary/aromatic N) is 3. The maximum absolute atomic E-state index is 5.39. The molecule has 10 aromatic rings. The molecule has 0 aliphatic heterocycles. The normalized spacial score (nSPS) is 11.3. The minimum atomic E-state index is 0.690. The molecule has 0 spiro atoms. The molecule has 3 nitrogen and oxygen atoms in total. The molecule has 7 aromatic carbocycles. The Bertz CT molecular complexity index is 2940.